The zero-order chi connectivity index (χ0) is 7.56. The zero-order valence-electron chi connectivity index (χ0n) is 6.21. The lowest BCUT2D eigenvalue weighted by molar-refractivity contribution is 0.697. The highest BCUT2D eigenvalue weighted by Crippen LogP contribution is 2.16. The molecule has 0 aromatic carbocycles. The van der Waals surface area contributed by atoms with Crippen molar-refractivity contribution < 1.29 is 0 Å². The number of imidazole rings is 1. The first-order valence-electron chi connectivity index (χ1n) is 3.40. The van der Waals surface area contributed by atoms with Crippen LogP contribution in [-0.2, 0) is 6.54 Å². The second kappa shape index (κ2) is 3.06. The summed E-state index contributed by atoms with van der Waals surface area (Å²) in [6.45, 7) is 4.94. The highest BCUT2D eigenvalue weighted by Gasteiger charge is 2.05. The minimum absolute atomic E-state index is 0.00921. The summed E-state index contributed by atoms with van der Waals surface area (Å²) in [6, 6.07) is 0. The molecule has 0 aliphatic carbocycles. The van der Waals surface area contributed by atoms with Gasteiger partial charge in [-0.25, -0.2) is 4.98 Å². The van der Waals surface area contributed by atoms with Crippen LogP contribution in [0.25, 0.3) is 0 Å². The average Bonchev–Trinajstić information content (AvgIpc) is 2.33. The molecule has 0 spiro atoms. The van der Waals surface area contributed by atoms with Crippen molar-refractivity contribution in [3.8, 4) is 0 Å². The molecule has 0 saturated heterocycles. The molecule has 3 heteroatoms. The summed E-state index contributed by atoms with van der Waals surface area (Å²) in [7, 11) is 0. The van der Waals surface area contributed by atoms with Gasteiger partial charge >= 0.3 is 0 Å². The van der Waals surface area contributed by atoms with E-state index < -0.39 is 0 Å². The molecule has 0 aliphatic heterocycles. The number of hydrogen-bond acceptors (Lipinski definition) is 1. The third kappa shape index (κ3) is 1.32. The van der Waals surface area contributed by atoms with Gasteiger partial charge in [0.1, 0.15) is 5.82 Å². The summed E-state index contributed by atoms with van der Waals surface area (Å²) in [4.78, 5) is 4.12. The van der Waals surface area contributed by atoms with Gasteiger partial charge < -0.3 is 4.57 Å². The first kappa shape index (κ1) is 7.61. The highest BCUT2D eigenvalue weighted by molar-refractivity contribution is 6.20. The number of rotatable bonds is 2. The van der Waals surface area contributed by atoms with Crippen molar-refractivity contribution in [1.29, 1.82) is 0 Å². The van der Waals surface area contributed by atoms with Gasteiger partial charge in [0.15, 0.2) is 0 Å². The van der Waals surface area contributed by atoms with E-state index in [4.69, 9.17) is 11.6 Å². The summed E-state index contributed by atoms with van der Waals surface area (Å²) in [6.07, 6.45) is 3.71. The highest BCUT2D eigenvalue weighted by atomic mass is 35.5. The maximum atomic E-state index is 5.85. The lowest BCUT2D eigenvalue weighted by Crippen LogP contribution is -2.00. The lowest BCUT2D eigenvalue weighted by Gasteiger charge is -2.04. The maximum Gasteiger partial charge on any atom is 0.126 e. The van der Waals surface area contributed by atoms with Crippen LogP contribution in [-0.4, -0.2) is 9.55 Å². The standard InChI is InChI=1S/C7H11ClN2/c1-3-10-5-4-9-7(10)6(2)8/h4-6H,3H2,1-2H3/t6-/m0/s1. The van der Waals surface area contributed by atoms with Crippen molar-refractivity contribution in [2.24, 2.45) is 0 Å². The number of aryl methyl sites for hydroxylation is 1. The molecule has 10 heavy (non-hydrogen) atoms. The first-order valence-corrected chi connectivity index (χ1v) is 3.84. The fourth-order valence-electron chi connectivity index (χ4n) is 0.939. The Morgan fingerprint density at radius 3 is 2.90 bits per heavy atom. The topological polar surface area (TPSA) is 17.8 Å². The van der Waals surface area contributed by atoms with Crippen molar-refractivity contribution in [2.45, 2.75) is 25.8 Å². The molecule has 0 aliphatic rings. The smallest absolute Gasteiger partial charge is 0.126 e. The largest absolute Gasteiger partial charge is 0.334 e. The summed E-state index contributed by atoms with van der Waals surface area (Å²) >= 11 is 5.85. The van der Waals surface area contributed by atoms with Crippen LogP contribution < -0.4 is 0 Å². The van der Waals surface area contributed by atoms with Gasteiger partial charge in [-0.15, -0.1) is 11.6 Å². The Morgan fingerprint density at radius 2 is 2.50 bits per heavy atom. The van der Waals surface area contributed by atoms with Crippen LogP contribution in [0.15, 0.2) is 12.4 Å². The van der Waals surface area contributed by atoms with Gasteiger partial charge in [-0.3, -0.25) is 0 Å². The van der Waals surface area contributed by atoms with E-state index in [-0.39, 0.29) is 5.38 Å². The van der Waals surface area contributed by atoms with E-state index >= 15 is 0 Å². The van der Waals surface area contributed by atoms with Crippen LogP contribution >= 0.6 is 11.6 Å². The molecule has 0 radical (unpaired) electrons. The zero-order valence-corrected chi connectivity index (χ0v) is 6.97. The SMILES string of the molecule is CCn1ccnc1[C@H](C)Cl. The molecule has 56 valence electrons. The fraction of sp³-hybridized carbons (Fsp3) is 0.571. The van der Waals surface area contributed by atoms with Gasteiger partial charge in [0, 0.05) is 18.9 Å². The van der Waals surface area contributed by atoms with Crippen LogP contribution in [0.3, 0.4) is 0 Å². The molecule has 0 saturated carbocycles. The third-order valence-corrected chi connectivity index (χ3v) is 1.64. The average molecular weight is 159 g/mol. The molecular weight excluding hydrogens is 148 g/mol. The molecule has 2 nitrogen and oxygen atoms in total. The Morgan fingerprint density at radius 1 is 1.80 bits per heavy atom. The van der Waals surface area contributed by atoms with Gasteiger partial charge in [0.2, 0.25) is 0 Å². The van der Waals surface area contributed by atoms with Crippen LogP contribution in [0.4, 0.5) is 0 Å². The summed E-state index contributed by atoms with van der Waals surface area (Å²) in [5, 5.41) is 0.00921. The molecule has 0 amide bonds. The van der Waals surface area contributed by atoms with E-state index in [2.05, 4.69) is 11.9 Å². The van der Waals surface area contributed by atoms with E-state index in [0.29, 0.717) is 0 Å². The molecular formula is C7H11ClN2. The summed E-state index contributed by atoms with van der Waals surface area (Å²) < 4.78 is 2.04. The van der Waals surface area contributed by atoms with E-state index in [1.807, 2.05) is 17.7 Å². The van der Waals surface area contributed by atoms with Crippen molar-refractivity contribution >= 4 is 11.6 Å². The van der Waals surface area contributed by atoms with Gasteiger partial charge in [0.05, 0.1) is 5.38 Å². The molecule has 1 aromatic heterocycles. The normalized spacial score (nSPS) is 13.5. The van der Waals surface area contributed by atoms with Crippen molar-refractivity contribution in [3.63, 3.8) is 0 Å². The first-order chi connectivity index (χ1) is 4.75. The minimum Gasteiger partial charge on any atom is -0.334 e. The second-order valence-corrected chi connectivity index (χ2v) is 2.84. The second-order valence-electron chi connectivity index (χ2n) is 2.19. The van der Waals surface area contributed by atoms with Gasteiger partial charge in [-0.05, 0) is 13.8 Å². The molecule has 1 aromatic rings. The fourth-order valence-corrected chi connectivity index (χ4v) is 1.12. The van der Waals surface area contributed by atoms with Gasteiger partial charge in [-0.1, -0.05) is 0 Å². The molecule has 0 N–H and O–H groups in total. The Hall–Kier alpha value is -0.500. The van der Waals surface area contributed by atoms with E-state index in [1.54, 1.807) is 6.20 Å². The number of alkyl halides is 1. The third-order valence-electron chi connectivity index (χ3n) is 1.44. The van der Waals surface area contributed by atoms with Gasteiger partial charge in [0.25, 0.3) is 0 Å². The molecule has 1 heterocycles. The number of halogens is 1. The number of nitrogens with zero attached hydrogens (tertiary/aromatic N) is 2. The predicted octanol–water partition coefficient (Wildman–Crippen LogP) is 2.20. The lowest BCUT2D eigenvalue weighted by atomic mass is 10.4. The van der Waals surface area contributed by atoms with E-state index in [0.717, 1.165) is 12.4 Å². The molecule has 1 atom stereocenters. The molecule has 0 fully saturated rings. The minimum atomic E-state index is 0.00921. The maximum absolute atomic E-state index is 5.85. The Labute approximate surface area is 65.8 Å². The Bertz CT molecular complexity index is 205. The molecule has 0 bridgehead atoms. The van der Waals surface area contributed by atoms with Crippen LogP contribution in [0.5, 0.6) is 0 Å². The van der Waals surface area contributed by atoms with Crippen LogP contribution in [0, 0.1) is 0 Å². The summed E-state index contributed by atoms with van der Waals surface area (Å²) in [5.41, 5.74) is 0. The number of aromatic nitrogens is 2. The Kier molecular flexibility index (Phi) is 2.33. The number of hydrogen-bond donors (Lipinski definition) is 0. The summed E-state index contributed by atoms with van der Waals surface area (Å²) in [5.74, 6) is 0.948. The van der Waals surface area contributed by atoms with Crippen molar-refractivity contribution in [1.82, 2.24) is 9.55 Å². The molecule has 1 rings (SSSR count). The van der Waals surface area contributed by atoms with Gasteiger partial charge in [-0.2, -0.15) is 0 Å². The van der Waals surface area contributed by atoms with Crippen LogP contribution in [0.1, 0.15) is 25.0 Å². The quantitative estimate of drug-likeness (QED) is 0.604. The van der Waals surface area contributed by atoms with E-state index in [9.17, 15) is 0 Å². The van der Waals surface area contributed by atoms with Crippen LogP contribution in [0.2, 0.25) is 0 Å². The van der Waals surface area contributed by atoms with E-state index in [1.165, 1.54) is 0 Å². The monoisotopic (exact) mass is 158 g/mol. The van der Waals surface area contributed by atoms with Crippen molar-refractivity contribution in [2.75, 3.05) is 0 Å². The molecule has 0 unspecified atom stereocenters. The van der Waals surface area contributed by atoms with Crippen molar-refractivity contribution in [3.05, 3.63) is 18.2 Å². The predicted molar refractivity (Wildman–Crippen MR) is 42.2 cm³/mol. The Balaban J connectivity index is 2.90.